The summed E-state index contributed by atoms with van der Waals surface area (Å²) < 4.78 is 8.07. The Morgan fingerprint density at radius 3 is 2.95 bits per heavy atom. The topological polar surface area (TPSA) is 42.3 Å². The molecule has 0 aliphatic carbocycles. The highest BCUT2D eigenvalue weighted by Gasteiger charge is 2.18. The zero-order valence-corrected chi connectivity index (χ0v) is 11.4. The van der Waals surface area contributed by atoms with Gasteiger partial charge in [-0.2, -0.15) is 0 Å². The molecule has 1 saturated heterocycles. The van der Waals surface area contributed by atoms with Gasteiger partial charge < -0.3 is 19.5 Å². The molecule has 0 radical (unpaired) electrons. The molecule has 0 spiro atoms. The molecule has 0 saturated carbocycles. The summed E-state index contributed by atoms with van der Waals surface area (Å²) in [6.07, 6.45) is 3.87. The van der Waals surface area contributed by atoms with Crippen molar-refractivity contribution in [1.29, 1.82) is 0 Å². The van der Waals surface area contributed by atoms with Crippen LogP contribution in [0.15, 0.2) is 30.6 Å². The minimum Gasteiger partial charge on any atom is -0.491 e. The van der Waals surface area contributed by atoms with Crippen molar-refractivity contribution >= 4 is 5.69 Å². The Bertz CT molecular complexity index is 616. The molecule has 1 N–H and O–H groups in total. The van der Waals surface area contributed by atoms with E-state index in [1.165, 1.54) is 5.69 Å². The summed E-state index contributed by atoms with van der Waals surface area (Å²) in [5.41, 5.74) is 2.33. The van der Waals surface area contributed by atoms with Crippen molar-refractivity contribution in [3.63, 3.8) is 0 Å². The molecule has 5 heteroatoms. The summed E-state index contributed by atoms with van der Waals surface area (Å²) in [6, 6.07) is 6.47. The molecular weight excluding hydrogens is 252 g/mol. The number of hydrogen-bond donors (Lipinski definition) is 1. The molecule has 1 aromatic carbocycles. The minimum atomic E-state index is 0.696. The monoisotopic (exact) mass is 270 g/mol. The number of ether oxygens (including phenoxy) is 1. The Labute approximate surface area is 118 Å². The van der Waals surface area contributed by atoms with Crippen molar-refractivity contribution in [2.45, 2.75) is 6.54 Å². The smallest absolute Gasteiger partial charge is 0.143 e. The summed E-state index contributed by atoms with van der Waals surface area (Å²) in [5, 5.41) is 3.38. The second kappa shape index (κ2) is 4.83. The predicted molar refractivity (Wildman–Crippen MR) is 78.2 cm³/mol. The Morgan fingerprint density at radius 2 is 2.05 bits per heavy atom. The number of aromatic nitrogens is 2. The molecule has 0 atom stereocenters. The van der Waals surface area contributed by atoms with Crippen molar-refractivity contribution < 1.29 is 4.74 Å². The molecule has 1 aromatic heterocycles. The maximum absolute atomic E-state index is 5.92. The summed E-state index contributed by atoms with van der Waals surface area (Å²) in [5.74, 6) is 1.95. The van der Waals surface area contributed by atoms with E-state index in [2.05, 4.69) is 38.0 Å². The van der Waals surface area contributed by atoms with E-state index in [1.54, 1.807) is 0 Å². The second-order valence-electron chi connectivity index (χ2n) is 5.21. The van der Waals surface area contributed by atoms with E-state index in [1.807, 2.05) is 12.4 Å². The number of hydrogen-bond acceptors (Lipinski definition) is 4. The maximum Gasteiger partial charge on any atom is 0.143 e. The van der Waals surface area contributed by atoms with Crippen LogP contribution in [-0.4, -0.2) is 42.3 Å². The maximum atomic E-state index is 5.92. The van der Waals surface area contributed by atoms with Gasteiger partial charge in [0.25, 0.3) is 0 Å². The van der Waals surface area contributed by atoms with Gasteiger partial charge >= 0.3 is 0 Å². The van der Waals surface area contributed by atoms with Crippen LogP contribution in [0.5, 0.6) is 5.75 Å². The van der Waals surface area contributed by atoms with Gasteiger partial charge in [0.1, 0.15) is 18.2 Å². The second-order valence-corrected chi connectivity index (χ2v) is 5.21. The highest BCUT2D eigenvalue weighted by molar-refractivity contribution is 5.70. The number of rotatable bonds is 1. The molecule has 0 unspecified atom stereocenters. The van der Waals surface area contributed by atoms with Crippen LogP contribution in [0.3, 0.4) is 0 Å². The van der Waals surface area contributed by atoms with Crippen molar-refractivity contribution in [2.24, 2.45) is 0 Å². The summed E-state index contributed by atoms with van der Waals surface area (Å²) in [6.45, 7) is 5.74. The van der Waals surface area contributed by atoms with Gasteiger partial charge in [-0.05, 0) is 12.1 Å². The van der Waals surface area contributed by atoms with E-state index in [0.717, 1.165) is 49.9 Å². The molecule has 5 nitrogen and oxygen atoms in total. The van der Waals surface area contributed by atoms with Crippen molar-refractivity contribution in [2.75, 3.05) is 37.7 Å². The van der Waals surface area contributed by atoms with Crippen LogP contribution in [0.25, 0.3) is 11.4 Å². The fraction of sp³-hybridized carbons (Fsp3) is 0.400. The van der Waals surface area contributed by atoms with Gasteiger partial charge in [-0.25, -0.2) is 4.98 Å². The zero-order chi connectivity index (χ0) is 13.4. The van der Waals surface area contributed by atoms with Crippen molar-refractivity contribution in [3.05, 3.63) is 30.6 Å². The molecular formula is C15H18N4O. The molecule has 3 heterocycles. The van der Waals surface area contributed by atoms with Gasteiger partial charge in [-0.15, -0.1) is 0 Å². The van der Waals surface area contributed by atoms with Gasteiger partial charge in [0.05, 0.1) is 12.1 Å². The van der Waals surface area contributed by atoms with Crippen LogP contribution >= 0.6 is 0 Å². The lowest BCUT2D eigenvalue weighted by Crippen LogP contribution is -2.43. The third-order valence-electron chi connectivity index (χ3n) is 3.99. The van der Waals surface area contributed by atoms with E-state index >= 15 is 0 Å². The van der Waals surface area contributed by atoms with Crippen LogP contribution < -0.4 is 15.0 Å². The van der Waals surface area contributed by atoms with E-state index in [4.69, 9.17) is 4.74 Å². The molecule has 20 heavy (non-hydrogen) atoms. The molecule has 4 rings (SSSR count). The van der Waals surface area contributed by atoms with E-state index in [-0.39, 0.29) is 0 Å². The number of nitrogens with one attached hydrogen (secondary N) is 1. The summed E-state index contributed by atoms with van der Waals surface area (Å²) >= 11 is 0. The number of piperazine rings is 1. The highest BCUT2D eigenvalue weighted by atomic mass is 16.5. The Balaban J connectivity index is 1.73. The van der Waals surface area contributed by atoms with Crippen molar-refractivity contribution in [3.8, 4) is 17.1 Å². The van der Waals surface area contributed by atoms with Crippen molar-refractivity contribution in [1.82, 2.24) is 14.9 Å². The first-order chi connectivity index (χ1) is 9.92. The Hall–Kier alpha value is -2.01. The average Bonchev–Trinajstić information content (AvgIpc) is 2.90. The fourth-order valence-electron chi connectivity index (χ4n) is 2.92. The van der Waals surface area contributed by atoms with Gasteiger partial charge in [-0.3, -0.25) is 0 Å². The third kappa shape index (κ3) is 1.94. The van der Waals surface area contributed by atoms with Gasteiger partial charge in [0.2, 0.25) is 0 Å². The van der Waals surface area contributed by atoms with Crippen LogP contribution in [-0.2, 0) is 6.54 Å². The van der Waals surface area contributed by atoms with Crippen LogP contribution in [0, 0.1) is 0 Å². The van der Waals surface area contributed by atoms with Gasteiger partial charge in [-0.1, -0.05) is 0 Å². The average molecular weight is 270 g/mol. The number of imidazole rings is 1. The largest absolute Gasteiger partial charge is 0.491 e. The van der Waals surface area contributed by atoms with E-state index in [9.17, 15) is 0 Å². The Morgan fingerprint density at radius 1 is 1.15 bits per heavy atom. The first-order valence-corrected chi connectivity index (χ1v) is 7.16. The molecule has 1 fully saturated rings. The lowest BCUT2D eigenvalue weighted by molar-refractivity contribution is 0.306. The number of fused-ring (bicyclic) bond motifs is 3. The molecule has 104 valence electrons. The number of benzene rings is 1. The standard InChI is InChI=1S/C15H18N4O/c1-2-13-14(11-12(1)18-6-3-16-4-7-18)20-10-9-19-8-5-17-15(13)19/h1-2,5,8,11,16H,3-4,6-7,9-10H2. The van der Waals surface area contributed by atoms with E-state index < -0.39 is 0 Å². The first kappa shape index (κ1) is 11.8. The quantitative estimate of drug-likeness (QED) is 0.849. The van der Waals surface area contributed by atoms with Crippen LogP contribution in [0.2, 0.25) is 0 Å². The lowest BCUT2D eigenvalue weighted by atomic mass is 10.1. The van der Waals surface area contributed by atoms with Crippen LogP contribution in [0.1, 0.15) is 0 Å². The van der Waals surface area contributed by atoms with Gasteiger partial charge in [0.15, 0.2) is 0 Å². The number of nitrogens with zero attached hydrogens (tertiary/aromatic N) is 3. The normalized spacial score (nSPS) is 17.9. The molecule has 0 amide bonds. The fourth-order valence-corrected chi connectivity index (χ4v) is 2.92. The SMILES string of the molecule is c1cn2c(n1)-c1ccc(N3CCNCC3)cc1OCC2. The predicted octanol–water partition coefficient (Wildman–Crippen LogP) is 1.35. The molecule has 2 aliphatic rings. The Kier molecular flexibility index (Phi) is 2.85. The molecule has 2 aliphatic heterocycles. The third-order valence-corrected chi connectivity index (χ3v) is 3.99. The minimum absolute atomic E-state index is 0.696. The van der Waals surface area contributed by atoms with Crippen LogP contribution in [0.4, 0.5) is 5.69 Å². The number of anilines is 1. The summed E-state index contributed by atoms with van der Waals surface area (Å²) in [7, 11) is 0. The molecule has 2 aromatic rings. The molecule has 0 bridgehead atoms. The first-order valence-electron chi connectivity index (χ1n) is 7.16. The zero-order valence-electron chi connectivity index (χ0n) is 11.4. The highest BCUT2D eigenvalue weighted by Crippen LogP contribution is 2.34. The lowest BCUT2D eigenvalue weighted by Gasteiger charge is -2.29. The summed E-state index contributed by atoms with van der Waals surface area (Å²) in [4.78, 5) is 6.86. The van der Waals surface area contributed by atoms with E-state index in [0.29, 0.717) is 6.61 Å². The van der Waals surface area contributed by atoms with Gasteiger partial charge in [0, 0.05) is 50.3 Å².